The zero-order valence-corrected chi connectivity index (χ0v) is 12.8. The van der Waals surface area contributed by atoms with Gasteiger partial charge in [0.15, 0.2) is 0 Å². The molecule has 0 saturated heterocycles. The number of nitrogens with zero attached hydrogens (tertiary/aromatic N) is 3. The maximum Gasteiger partial charge on any atom is 0.271 e. The van der Waals surface area contributed by atoms with Crippen LogP contribution in [0, 0.1) is 10.1 Å². The van der Waals surface area contributed by atoms with Crippen LogP contribution in [0.4, 0.5) is 11.6 Å². The van der Waals surface area contributed by atoms with Crippen LogP contribution in [-0.4, -0.2) is 40.6 Å². The van der Waals surface area contributed by atoms with Gasteiger partial charge in [-0.1, -0.05) is 0 Å². The average molecular weight is 291 g/mol. The number of benzene rings is 1. The van der Waals surface area contributed by atoms with Crippen LogP contribution < -0.4 is 10.2 Å². The highest BCUT2D eigenvalue weighted by atomic mass is 16.6. The van der Waals surface area contributed by atoms with Crippen LogP contribution in [-0.2, 0) is 0 Å². The molecule has 2 N–H and O–H groups in total. The number of H-pyrrole nitrogens is 1. The lowest BCUT2D eigenvalue weighted by atomic mass is 10.1. The molecule has 7 nitrogen and oxygen atoms in total. The van der Waals surface area contributed by atoms with Gasteiger partial charge in [-0.25, -0.2) is 4.98 Å². The molecule has 2 aromatic rings. The molecule has 21 heavy (non-hydrogen) atoms. The zero-order valence-electron chi connectivity index (χ0n) is 12.8. The number of aromatic nitrogens is 2. The Kier molecular flexibility index (Phi) is 4.13. The predicted molar refractivity (Wildman–Crippen MR) is 83.8 cm³/mol. The number of aromatic amines is 1. The van der Waals surface area contributed by atoms with Crippen molar-refractivity contribution < 1.29 is 4.92 Å². The molecule has 1 heterocycles. The molecule has 0 atom stereocenters. The maximum absolute atomic E-state index is 10.8. The van der Waals surface area contributed by atoms with Gasteiger partial charge in [0.25, 0.3) is 5.69 Å². The van der Waals surface area contributed by atoms with Crippen molar-refractivity contribution in [3.8, 4) is 0 Å². The third kappa shape index (κ3) is 3.91. The summed E-state index contributed by atoms with van der Waals surface area (Å²) < 4.78 is 0. The molecule has 0 aliphatic rings. The van der Waals surface area contributed by atoms with Crippen molar-refractivity contribution in [1.82, 2.24) is 15.3 Å². The van der Waals surface area contributed by atoms with Crippen LogP contribution in [0.5, 0.6) is 0 Å². The van der Waals surface area contributed by atoms with E-state index in [0.29, 0.717) is 11.5 Å². The minimum absolute atomic E-state index is 0.0646. The van der Waals surface area contributed by atoms with Gasteiger partial charge in [-0.2, -0.15) is 0 Å². The van der Waals surface area contributed by atoms with Gasteiger partial charge < -0.3 is 15.2 Å². The van der Waals surface area contributed by atoms with Crippen LogP contribution >= 0.6 is 0 Å². The van der Waals surface area contributed by atoms with E-state index in [1.807, 2.05) is 11.9 Å². The van der Waals surface area contributed by atoms with E-state index in [1.165, 1.54) is 12.1 Å². The Morgan fingerprint density at radius 2 is 2.14 bits per heavy atom. The summed E-state index contributed by atoms with van der Waals surface area (Å²) in [7, 11) is 1.94. The minimum Gasteiger partial charge on any atom is -0.344 e. The van der Waals surface area contributed by atoms with E-state index in [1.54, 1.807) is 6.07 Å². The fraction of sp³-hybridized carbons (Fsp3) is 0.500. The average Bonchev–Trinajstić information content (AvgIpc) is 2.79. The van der Waals surface area contributed by atoms with Crippen molar-refractivity contribution in [3.63, 3.8) is 0 Å². The molecule has 114 valence electrons. The summed E-state index contributed by atoms with van der Waals surface area (Å²) in [5, 5.41) is 14.2. The molecule has 0 aliphatic carbocycles. The number of imidazole rings is 1. The summed E-state index contributed by atoms with van der Waals surface area (Å²) in [5.74, 6) is 0.709. The van der Waals surface area contributed by atoms with Crippen molar-refractivity contribution >= 4 is 22.7 Å². The van der Waals surface area contributed by atoms with Gasteiger partial charge in [-0.3, -0.25) is 10.1 Å². The molecule has 0 radical (unpaired) electrons. The van der Waals surface area contributed by atoms with Crippen molar-refractivity contribution in [2.75, 3.05) is 25.0 Å². The minimum atomic E-state index is -0.406. The molecule has 1 aromatic carbocycles. The fourth-order valence-corrected chi connectivity index (χ4v) is 1.98. The van der Waals surface area contributed by atoms with Crippen molar-refractivity contribution in [2.45, 2.75) is 26.3 Å². The van der Waals surface area contributed by atoms with Crippen LogP contribution in [0.2, 0.25) is 0 Å². The molecular weight excluding hydrogens is 270 g/mol. The molecule has 0 fully saturated rings. The van der Waals surface area contributed by atoms with E-state index in [0.717, 1.165) is 18.6 Å². The standard InChI is InChI=1S/C14H21N5O2/c1-14(2,3)15-7-8-18(4)13-16-11-6-5-10(19(20)21)9-12(11)17-13/h5-6,9,15H,7-8H2,1-4H3,(H,16,17). The van der Waals surface area contributed by atoms with E-state index in [9.17, 15) is 10.1 Å². The first-order valence-corrected chi connectivity index (χ1v) is 6.86. The quantitative estimate of drug-likeness (QED) is 0.652. The Morgan fingerprint density at radius 1 is 1.43 bits per heavy atom. The number of anilines is 1. The van der Waals surface area contributed by atoms with Crippen LogP contribution in [0.25, 0.3) is 11.0 Å². The highest BCUT2D eigenvalue weighted by Crippen LogP contribution is 2.21. The molecule has 0 saturated carbocycles. The second kappa shape index (κ2) is 5.69. The highest BCUT2D eigenvalue weighted by Gasteiger charge is 2.13. The molecule has 0 amide bonds. The predicted octanol–water partition coefficient (Wildman–Crippen LogP) is 2.30. The van der Waals surface area contributed by atoms with Crippen LogP contribution in [0.1, 0.15) is 20.8 Å². The number of fused-ring (bicyclic) bond motifs is 1. The molecule has 0 unspecified atom stereocenters. The maximum atomic E-state index is 10.8. The Morgan fingerprint density at radius 3 is 2.76 bits per heavy atom. The molecule has 0 aliphatic heterocycles. The number of rotatable bonds is 5. The Bertz CT molecular complexity index is 644. The first kappa shape index (κ1) is 15.2. The largest absolute Gasteiger partial charge is 0.344 e. The normalized spacial score (nSPS) is 11.8. The van der Waals surface area contributed by atoms with Crippen molar-refractivity contribution in [3.05, 3.63) is 28.3 Å². The van der Waals surface area contributed by atoms with Crippen LogP contribution in [0.3, 0.4) is 0 Å². The third-order valence-corrected chi connectivity index (χ3v) is 3.13. The monoisotopic (exact) mass is 291 g/mol. The molecule has 0 bridgehead atoms. The highest BCUT2D eigenvalue weighted by molar-refractivity contribution is 5.80. The van der Waals surface area contributed by atoms with E-state index >= 15 is 0 Å². The summed E-state index contributed by atoms with van der Waals surface area (Å²) in [6.07, 6.45) is 0. The van der Waals surface area contributed by atoms with Gasteiger partial charge in [-0.15, -0.1) is 0 Å². The SMILES string of the molecule is CN(CCNC(C)(C)C)c1nc2ccc([N+](=O)[O-])cc2[nH]1. The van der Waals surface area contributed by atoms with Gasteiger partial charge in [0, 0.05) is 37.8 Å². The van der Waals surface area contributed by atoms with Crippen LogP contribution in [0.15, 0.2) is 18.2 Å². The molecule has 2 rings (SSSR count). The number of nitrogens with one attached hydrogen (secondary N) is 2. The number of non-ortho nitro benzene ring substituents is 1. The first-order chi connectivity index (χ1) is 9.76. The van der Waals surface area contributed by atoms with E-state index < -0.39 is 4.92 Å². The number of hydrogen-bond donors (Lipinski definition) is 2. The number of nitro benzene ring substituents is 1. The second-order valence-electron chi connectivity index (χ2n) is 6.12. The Balaban J connectivity index is 2.09. The van der Waals surface area contributed by atoms with E-state index in [-0.39, 0.29) is 11.2 Å². The first-order valence-electron chi connectivity index (χ1n) is 6.86. The number of likely N-dealkylation sites (N-methyl/N-ethyl adjacent to an activating group) is 1. The topological polar surface area (TPSA) is 87.1 Å². The third-order valence-electron chi connectivity index (χ3n) is 3.13. The van der Waals surface area contributed by atoms with Gasteiger partial charge in [-0.05, 0) is 26.8 Å². The van der Waals surface area contributed by atoms with Gasteiger partial charge >= 0.3 is 0 Å². The summed E-state index contributed by atoms with van der Waals surface area (Å²) in [5.41, 5.74) is 1.55. The Hall–Kier alpha value is -2.15. The Labute approximate surface area is 123 Å². The molecule has 1 aromatic heterocycles. The number of hydrogen-bond acceptors (Lipinski definition) is 5. The molecule has 0 spiro atoms. The fourth-order valence-electron chi connectivity index (χ4n) is 1.98. The zero-order chi connectivity index (χ0) is 15.6. The van der Waals surface area contributed by atoms with E-state index in [4.69, 9.17) is 0 Å². The lowest BCUT2D eigenvalue weighted by Gasteiger charge is -2.23. The van der Waals surface area contributed by atoms with E-state index in [2.05, 4.69) is 36.1 Å². The summed E-state index contributed by atoms with van der Waals surface area (Å²) in [4.78, 5) is 19.9. The van der Waals surface area contributed by atoms with Crippen molar-refractivity contribution in [2.24, 2.45) is 0 Å². The van der Waals surface area contributed by atoms with Gasteiger partial charge in [0.1, 0.15) is 0 Å². The lowest BCUT2D eigenvalue weighted by Crippen LogP contribution is -2.40. The van der Waals surface area contributed by atoms with Gasteiger partial charge in [0.2, 0.25) is 5.95 Å². The second-order valence-corrected chi connectivity index (χ2v) is 6.12. The lowest BCUT2D eigenvalue weighted by molar-refractivity contribution is -0.384. The molecular formula is C14H21N5O2. The van der Waals surface area contributed by atoms with Gasteiger partial charge in [0.05, 0.1) is 16.0 Å². The molecule has 7 heteroatoms. The number of nitro groups is 1. The van der Waals surface area contributed by atoms with Crippen molar-refractivity contribution in [1.29, 1.82) is 0 Å². The summed E-state index contributed by atoms with van der Waals surface area (Å²) >= 11 is 0. The summed E-state index contributed by atoms with van der Waals surface area (Å²) in [6, 6.07) is 4.63. The summed E-state index contributed by atoms with van der Waals surface area (Å²) in [6.45, 7) is 7.98. The smallest absolute Gasteiger partial charge is 0.271 e.